The molecule has 2 atom stereocenters. The van der Waals surface area contributed by atoms with Crippen LogP contribution in [-0.2, 0) is 24.1 Å². The molecule has 3 aromatic carbocycles. The Bertz CT molecular complexity index is 1180. The quantitative estimate of drug-likeness (QED) is 0.340. The summed E-state index contributed by atoms with van der Waals surface area (Å²) in [5.41, 5.74) is 2.10. The first-order valence-electron chi connectivity index (χ1n) is 12.1. The molecule has 4 nitrogen and oxygen atoms in total. The predicted octanol–water partition coefficient (Wildman–Crippen LogP) is 6.12. The van der Waals surface area contributed by atoms with Crippen molar-refractivity contribution in [1.82, 2.24) is 9.80 Å². The van der Waals surface area contributed by atoms with Crippen molar-refractivity contribution in [2.75, 3.05) is 26.7 Å². The molecule has 4 rings (SSSR count). The number of rotatable bonds is 8. The van der Waals surface area contributed by atoms with Gasteiger partial charge in [0.25, 0.3) is 0 Å². The van der Waals surface area contributed by atoms with Crippen LogP contribution in [0.25, 0.3) is 0 Å². The molecule has 196 valence electrons. The Morgan fingerprint density at radius 2 is 1.57 bits per heavy atom. The standard InChI is InChI=1S/C29H30F4N2O2/c1-20(36)35(16-22-5-11-26(30)12-6-22)18-24-17-34(15-21-3-9-25(10-4-21)29(31,32)33)19-28(24)23-7-13-27(37-2)14-8-23/h3-14,24,28H,15-19H2,1-2H3. The van der Waals surface area contributed by atoms with Gasteiger partial charge in [0.05, 0.1) is 12.7 Å². The number of nitrogens with zero attached hydrogens (tertiary/aromatic N) is 2. The molecule has 1 aliphatic rings. The lowest BCUT2D eigenvalue weighted by Crippen LogP contribution is -2.35. The molecule has 8 heteroatoms. The summed E-state index contributed by atoms with van der Waals surface area (Å²) >= 11 is 0. The predicted molar refractivity (Wildman–Crippen MR) is 133 cm³/mol. The van der Waals surface area contributed by atoms with Gasteiger partial charge < -0.3 is 9.64 Å². The molecule has 0 bridgehead atoms. The smallest absolute Gasteiger partial charge is 0.416 e. The lowest BCUT2D eigenvalue weighted by molar-refractivity contribution is -0.137. The second-order valence-electron chi connectivity index (χ2n) is 9.55. The summed E-state index contributed by atoms with van der Waals surface area (Å²) in [7, 11) is 1.61. The number of halogens is 4. The third-order valence-corrected chi connectivity index (χ3v) is 6.93. The maximum atomic E-state index is 13.4. The minimum absolute atomic E-state index is 0.0704. The van der Waals surface area contributed by atoms with Crippen molar-refractivity contribution < 1.29 is 27.1 Å². The molecule has 0 aromatic heterocycles. The molecule has 1 saturated heterocycles. The number of carbonyl (C=O) groups is 1. The Balaban J connectivity index is 1.53. The van der Waals surface area contributed by atoms with Crippen LogP contribution < -0.4 is 4.74 Å². The fourth-order valence-electron chi connectivity index (χ4n) is 4.96. The monoisotopic (exact) mass is 514 g/mol. The van der Waals surface area contributed by atoms with Crippen LogP contribution in [0.15, 0.2) is 72.8 Å². The van der Waals surface area contributed by atoms with E-state index < -0.39 is 11.7 Å². The van der Waals surface area contributed by atoms with E-state index in [0.717, 1.165) is 34.6 Å². The Morgan fingerprint density at radius 3 is 2.14 bits per heavy atom. The number of carbonyl (C=O) groups excluding carboxylic acids is 1. The van der Waals surface area contributed by atoms with E-state index in [4.69, 9.17) is 4.74 Å². The zero-order valence-electron chi connectivity index (χ0n) is 20.8. The number of likely N-dealkylation sites (tertiary alicyclic amines) is 1. The summed E-state index contributed by atoms with van der Waals surface area (Å²) in [5, 5.41) is 0. The number of alkyl halides is 3. The van der Waals surface area contributed by atoms with Crippen LogP contribution >= 0.6 is 0 Å². The van der Waals surface area contributed by atoms with E-state index in [1.165, 1.54) is 31.2 Å². The van der Waals surface area contributed by atoms with E-state index in [1.54, 1.807) is 24.1 Å². The molecule has 1 amide bonds. The minimum atomic E-state index is -4.36. The van der Waals surface area contributed by atoms with Crippen LogP contribution in [0.1, 0.15) is 35.1 Å². The molecular weight excluding hydrogens is 484 g/mol. The second-order valence-corrected chi connectivity index (χ2v) is 9.55. The van der Waals surface area contributed by atoms with Gasteiger partial charge in [-0.25, -0.2) is 4.39 Å². The SMILES string of the molecule is COc1ccc(C2CN(Cc3ccc(C(F)(F)F)cc3)CC2CN(Cc2ccc(F)cc2)C(C)=O)cc1. The average Bonchev–Trinajstić information content (AvgIpc) is 3.26. The highest BCUT2D eigenvalue weighted by atomic mass is 19.4. The van der Waals surface area contributed by atoms with Crippen molar-refractivity contribution in [3.05, 3.63) is 101 Å². The number of hydrogen-bond acceptors (Lipinski definition) is 3. The maximum Gasteiger partial charge on any atom is 0.416 e. The summed E-state index contributed by atoms with van der Waals surface area (Å²) in [4.78, 5) is 16.5. The molecule has 37 heavy (non-hydrogen) atoms. The van der Waals surface area contributed by atoms with Gasteiger partial charge in [-0.05, 0) is 59.0 Å². The number of methoxy groups -OCH3 is 1. The molecule has 1 aliphatic heterocycles. The number of amides is 1. The van der Waals surface area contributed by atoms with E-state index in [1.807, 2.05) is 24.3 Å². The fourth-order valence-corrected chi connectivity index (χ4v) is 4.96. The fraction of sp³-hybridized carbons (Fsp3) is 0.345. The lowest BCUT2D eigenvalue weighted by atomic mass is 9.88. The van der Waals surface area contributed by atoms with Gasteiger partial charge in [0.2, 0.25) is 5.91 Å². The minimum Gasteiger partial charge on any atom is -0.497 e. The van der Waals surface area contributed by atoms with Crippen LogP contribution in [0.5, 0.6) is 5.75 Å². The van der Waals surface area contributed by atoms with Gasteiger partial charge in [-0.15, -0.1) is 0 Å². The van der Waals surface area contributed by atoms with Crippen molar-refractivity contribution in [3.8, 4) is 5.75 Å². The van der Waals surface area contributed by atoms with E-state index >= 15 is 0 Å². The largest absolute Gasteiger partial charge is 0.497 e. The average molecular weight is 515 g/mol. The highest BCUT2D eigenvalue weighted by Gasteiger charge is 2.36. The summed E-state index contributed by atoms with van der Waals surface area (Å²) in [6, 6.07) is 19.3. The van der Waals surface area contributed by atoms with Crippen LogP contribution in [0.3, 0.4) is 0 Å². The van der Waals surface area contributed by atoms with E-state index in [0.29, 0.717) is 32.7 Å². The summed E-state index contributed by atoms with van der Waals surface area (Å²) in [5.74, 6) is 0.579. The normalized spacial score (nSPS) is 18.1. The number of hydrogen-bond donors (Lipinski definition) is 0. The van der Waals surface area contributed by atoms with Crippen molar-refractivity contribution in [3.63, 3.8) is 0 Å². The third-order valence-electron chi connectivity index (χ3n) is 6.93. The lowest BCUT2D eigenvalue weighted by Gasteiger charge is -2.28. The van der Waals surface area contributed by atoms with E-state index in [9.17, 15) is 22.4 Å². The Kier molecular flexibility index (Phi) is 8.17. The molecule has 1 heterocycles. The number of benzene rings is 3. The zero-order valence-corrected chi connectivity index (χ0v) is 20.8. The molecule has 0 spiro atoms. The first-order chi connectivity index (χ1) is 17.6. The van der Waals surface area contributed by atoms with Crippen molar-refractivity contribution in [1.29, 1.82) is 0 Å². The molecule has 0 radical (unpaired) electrons. The molecule has 0 aliphatic carbocycles. The van der Waals surface area contributed by atoms with Crippen molar-refractivity contribution >= 4 is 5.91 Å². The van der Waals surface area contributed by atoms with Crippen molar-refractivity contribution in [2.45, 2.75) is 32.1 Å². The van der Waals surface area contributed by atoms with Crippen LogP contribution in [0.2, 0.25) is 0 Å². The molecule has 0 saturated carbocycles. The Labute approximate surface area is 214 Å². The van der Waals surface area contributed by atoms with Gasteiger partial charge in [0.15, 0.2) is 0 Å². The van der Waals surface area contributed by atoms with Crippen molar-refractivity contribution in [2.24, 2.45) is 5.92 Å². The van der Waals surface area contributed by atoms with Crippen LogP contribution in [0, 0.1) is 11.7 Å². The number of ether oxygens (including phenoxy) is 1. The Morgan fingerprint density at radius 1 is 0.946 bits per heavy atom. The highest BCUT2D eigenvalue weighted by molar-refractivity contribution is 5.73. The first kappa shape index (κ1) is 26.7. The Hall–Kier alpha value is -3.39. The summed E-state index contributed by atoms with van der Waals surface area (Å²) in [6.45, 7) is 4.32. The van der Waals surface area contributed by atoms with Gasteiger partial charge in [0.1, 0.15) is 11.6 Å². The van der Waals surface area contributed by atoms with Crippen LogP contribution in [0.4, 0.5) is 17.6 Å². The van der Waals surface area contributed by atoms with Gasteiger partial charge in [-0.3, -0.25) is 9.69 Å². The van der Waals surface area contributed by atoms with Gasteiger partial charge >= 0.3 is 6.18 Å². The summed E-state index contributed by atoms with van der Waals surface area (Å²) in [6.07, 6.45) is -4.36. The molecular formula is C29H30F4N2O2. The summed E-state index contributed by atoms with van der Waals surface area (Å²) < 4.78 is 57.5. The molecule has 3 aromatic rings. The zero-order chi connectivity index (χ0) is 26.6. The second kappa shape index (κ2) is 11.3. The first-order valence-corrected chi connectivity index (χ1v) is 12.1. The van der Waals surface area contributed by atoms with Crippen LogP contribution in [-0.4, -0.2) is 42.5 Å². The third kappa shape index (κ3) is 6.89. The molecule has 2 unspecified atom stereocenters. The highest BCUT2D eigenvalue weighted by Crippen LogP contribution is 2.36. The molecule has 0 N–H and O–H groups in total. The van der Waals surface area contributed by atoms with E-state index in [-0.39, 0.29) is 23.6 Å². The maximum absolute atomic E-state index is 13.4. The molecule has 1 fully saturated rings. The topological polar surface area (TPSA) is 32.8 Å². The van der Waals surface area contributed by atoms with Gasteiger partial charge in [-0.1, -0.05) is 36.4 Å². The van der Waals surface area contributed by atoms with E-state index in [2.05, 4.69) is 4.90 Å². The van der Waals surface area contributed by atoms with Gasteiger partial charge in [0, 0.05) is 45.6 Å². The van der Waals surface area contributed by atoms with Gasteiger partial charge in [-0.2, -0.15) is 13.2 Å².